The molecule has 0 saturated carbocycles. The van der Waals surface area contributed by atoms with Crippen LogP contribution >= 0.6 is 0 Å². The Morgan fingerprint density at radius 2 is 1.43 bits per heavy atom. The highest BCUT2D eigenvalue weighted by molar-refractivity contribution is 5.97. The van der Waals surface area contributed by atoms with Crippen molar-refractivity contribution in [3.63, 3.8) is 0 Å². The molecular formula is C20H24N2O. The van der Waals surface area contributed by atoms with Gasteiger partial charge in [-0.2, -0.15) is 0 Å². The lowest BCUT2D eigenvalue weighted by molar-refractivity contribution is 0.0745. The third-order valence-corrected chi connectivity index (χ3v) is 4.58. The van der Waals surface area contributed by atoms with Gasteiger partial charge < -0.3 is 9.80 Å². The number of piperazine rings is 1. The van der Waals surface area contributed by atoms with Crippen LogP contribution in [-0.2, 0) is 0 Å². The maximum atomic E-state index is 12.9. The first-order valence-corrected chi connectivity index (χ1v) is 8.23. The zero-order valence-corrected chi connectivity index (χ0v) is 14.2. The summed E-state index contributed by atoms with van der Waals surface area (Å²) in [6, 6.07) is 14.6. The van der Waals surface area contributed by atoms with E-state index >= 15 is 0 Å². The van der Waals surface area contributed by atoms with Gasteiger partial charge in [-0.1, -0.05) is 35.9 Å². The van der Waals surface area contributed by atoms with Crippen LogP contribution in [0.4, 0.5) is 5.69 Å². The number of aryl methyl sites for hydroxylation is 3. The Morgan fingerprint density at radius 3 is 2.00 bits per heavy atom. The number of hydrogen-bond donors (Lipinski definition) is 0. The summed E-state index contributed by atoms with van der Waals surface area (Å²) in [7, 11) is 0. The summed E-state index contributed by atoms with van der Waals surface area (Å²) in [4.78, 5) is 17.2. The summed E-state index contributed by atoms with van der Waals surface area (Å²) in [5.41, 5.74) is 5.49. The standard InChI is InChI=1S/C20H24N2O/c1-15-13-16(2)19(17(3)14-15)20(23)22-11-9-21(10-12-22)18-7-5-4-6-8-18/h4-8,13-14H,9-12H2,1-3H3. The van der Waals surface area contributed by atoms with Crippen LogP contribution in [0, 0.1) is 20.8 Å². The molecule has 120 valence electrons. The quantitative estimate of drug-likeness (QED) is 0.846. The van der Waals surface area contributed by atoms with Crippen molar-refractivity contribution in [2.24, 2.45) is 0 Å². The fourth-order valence-electron chi connectivity index (χ4n) is 3.48. The van der Waals surface area contributed by atoms with Crippen molar-refractivity contribution in [1.29, 1.82) is 0 Å². The molecule has 0 radical (unpaired) electrons. The smallest absolute Gasteiger partial charge is 0.254 e. The van der Waals surface area contributed by atoms with E-state index in [4.69, 9.17) is 0 Å². The Labute approximate surface area is 138 Å². The van der Waals surface area contributed by atoms with Gasteiger partial charge in [0, 0.05) is 37.4 Å². The van der Waals surface area contributed by atoms with E-state index in [1.807, 2.05) is 24.8 Å². The van der Waals surface area contributed by atoms with Crippen molar-refractivity contribution in [3.8, 4) is 0 Å². The molecular weight excluding hydrogens is 284 g/mol. The van der Waals surface area contributed by atoms with E-state index in [-0.39, 0.29) is 5.91 Å². The predicted octanol–water partition coefficient (Wildman–Crippen LogP) is 3.57. The molecule has 0 spiro atoms. The van der Waals surface area contributed by atoms with E-state index in [9.17, 15) is 4.79 Å². The zero-order chi connectivity index (χ0) is 16.4. The maximum Gasteiger partial charge on any atom is 0.254 e. The summed E-state index contributed by atoms with van der Waals surface area (Å²) >= 11 is 0. The zero-order valence-electron chi connectivity index (χ0n) is 14.2. The molecule has 3 heteroatoms. The molecule has 3 nitrogen and oxygen atoms in total. The molecule has 0 N–H and O–H groups in total. The number of nitrogens with zero attached hydrogens (tertiary/aromatic N) is 2. The summed E-state index contributed by atoms with van der Waals surface area (Å²) in [5.74, 6) is 0.174. The minimum Gasteiger partial charge on any atom is -0.368 e. The first-order chi connectivity index (χ1) is 11.1. The minimum absolute atomic E-state index is 0.174. The van der Waals surface area contributed by atoms with Crippen LogP contribution < -0.4 is 4.90 Å². The lowest BCUT2D eigenvalue weighted by Gasteiger charge is -2.36. The van der Waals surface area contributed by atoms with Crippen molar-refractivity contribution in [2.45, 2.75) is 20.8 Å². The number of carbonyl (C=O) groups excluding carboxylic acids is 1. The maximum absolute atomic E-state index is 12.9. The molecule has 0 unspecified atom stereocenters. The van der Waals surface area contributed by atoms with Crippen LogP contribution in [0.1, 0.15) is 27.0 Å². The Balaban J connectivity index is 1.72. The first-order valence-electron chi connectivity index (χ1n) is 8.23. The number of carbonyl (C=O) groups is 1. The van der Waals surface area contributed by atoms with E-state index in [1.165, 1.54) is 11.3 Å². The minimum atomic E-state index is 0.174. The number of benzene rings is 2. The highest BCUT2D eigenvalue weighted by atomic mass is 16.2. The summed E-state index contributed by atoms with van der Waals surface area (Å²) < 4.78 is 0. The third-order valence-electron chi connectivity index (χ3n) is 4.58. The van der Waals surface area contributed by atoms with Crippen molar-refractivity contribution < 1.29 is 4.79 Å². The van der Waals surface area contributed by atoms with Crippen LogP contribution in [0.3, 0.4) is 0 Å². The average Bonchev–Trinajstić information content (AvgIpc) is 2.55. The summed E-state index contributed by atoms with van der Waals surface area (Å²) in [5, 5.41) is 0. The Morgan fingerprint density at radius 1 is 0.870 bits per heavy atom. The normalized spacial score (nSPS) is 14.9. The Kier molecular flexibility index (Phi) is 4.37. The molecule has 23 heavy (non-hydrogen) atoms. The van der Waals surface area contributed by atoms with E-state index in [1.54, 1.807) is 0 Å². The van der Waals surface area contributed by atoms with E-state index < -0.39 is 0 Å². The molecule has 1 aliphatic rings. The van der Waals surface area contributed by atoms with E-state index in [0.29, 0.717) is 0 Å². The number of amides is 1. The van der Waals surface area contributed by atoms with Crippen LogP contribution in [0.2, 0.25) is 0 Å². The molecule has 1 aliphatic heterocycles. The van der Waals surface area contributed by atoms with Gasteiger partial charge in [0.15, 0.2) is 0 Å². The fraction of sp³-hybridized carbons (Fsp3) is 0.350. The predicted molar refractivity (Wildman–Crippen MR) is 95.2 cm³/mol. The third kappa shape index (κ3) is 3.24. The lowest BCUT2D eigenvalue weighted by atomic mass is 9.98. The molecule has 2 aromatic carbocycles. The number of anilines is 1. The van der Waals surface area contributed by atoms with Gasteiger partial charge in [0.1, 0.15) is 0 Å². The highest BCUT2D eigenvalue weighted by Crippen LogP contribution is 2.21. The van der Waals surface area contributed by atoms with Crippen LogP contribution in [-0.4, -0.2) is 37.0 Å². The molecule has 0 atom stereocenters. The van der Waals surface area contributed by atoms with Crippen molar-refractivity contribution >= 4 is 11.6 Å². The van der Waals surface area contributed by atoms with Gasteiger partial charge in [-0.25, -0.2) is 0 Å². The highest BCUT2D eigenvalue weighted by Gasteiger charge is 2.24. The second kappa shape index (κ2) is 6.45. The average molecular weight is 308 g/mol. The van der Waals surface area contributed by atoms with Gasteiger partial charge >= 0.3 is 0 Å². The molecule has 3 rings (SSSR count). The monoisotopic (exact) mass is 308 g/mol. The molecule has 2 aromatic rings. The fourth-order valence-corrected chi connectivity index (χ4v) is 3.48. The molecule has 1 fully saturated rings. The van der Waals surface area contributed by atoms with Crippen molar-refractivity contribution in [2.75, 3.05) is 31.1 Å². The first kappa shape index (κ1) is 15.6. The Bertz CT molecular complexity index is 678. The number of rotatable bonds is 2. The molecule has 1 saturated heterocycles. The van der Waals surface area contributed by atoms with Gasteiger partial charge in [0.05, 0.1) is 0 Å². The molecule has 0 aliphatic carbocycles. The van der Waals surface area contributed by atoms with E-state index in [0.717, 1.165) is 42.9 Å². The summed E-state index contributed by atoms with van der Waals surface area (Å²) in [6.45, 7) is 9.48. The summed E-state index contributed by atoms with van der Waals surface area (Å²) in [6.07, 6.45) is 0. The van der Waals surface area contributed by atoms with Crippen molar-refractivity contribution in [3.05, 3.63) is 64.7 Å². The molecule has 1 amide bonds. The van der Waals surface area contributed by atoms with Gasteiger partial charge in [0.2, 0.25) is 0 Å². The van der Waals surface area contributed by atoms with Crippen LogP contribution in [0.25, 0.3) is 0 Å². The lowest BCUT2D eigenvalue weighted by Crippen LogP contribution is -2.49. The number of para-hydroxylation sites is 1. The van der Waals surface area contributed by atoms with Gasteiger partial charge in [-0.05, 0) is 44.0 Å². The molecule has 0 aromatic heterocycles. The molecule has 1 heterocycles. The largest absolute Gasteiger partial charge is 0.368 e. The SMILES string of the molecule is Cc1cc(C)c(C(=O)N2CCN(c3ccccc3)CC2)c(C)c1. The van der Waals surface area contributed by atoms with Gasteiger partial charge in [-0.3, -0.25) is 4.79 Å². The number of hydrogen-bond acceptors (Lipinski definition) is 2. The van der Waals surface area contributed by atoms with Crippen LogP contribution in [0.15, 0.2) is 42.5 Å². The second-order valence-electron chi connectivity index (χ2n) is 6.39. The topological polar surface area (TPSA) is 23.6 Å². The van der Waals surface area contributed by atoms with E-state index in [2.05, 4.69) is 48.2 Å². The second-order valence-corrected chi connectivity index (χ2v) is 6.39. The molecule has 0 bridgehead atoms. The van der Waals surface area contributed by atoms with Crippen molar-refractivity contribution in [1.82, 2.24) is 4.90 Å². The van der Waals surface area contributed by atoms with Crippen LogP contribution in [0.5, 0.6) is 0 Å². The Hall–Kier alpha value is -2.29. The van der Waals surface area contributed by atoms with Gasteiger partial charge in [0.25, 0.3) is 5.91 Å². The van der Waals surface area contributed by atoms with Gasteiger partial charge in [-0.15, -0.1) is 0 Å².